The molecule has 0 aliphatic rings. The van der Waals surface area contributed by atoms with Crippen molar-refractivity contribution in [3.05, 3.63) is 54.1 Å². The second kappa shape index (κ2) is 5.38. The van der Waals surface area contributed by atoms with Crippen molar-refractivity contribution >= 4 is 22.3 Å². The second-order valence-corrected chi connectivity index (χ2v) is 5.49. The Balaban J connectivity index is 1.84. The number of rotatable bonds is 3. The zero-order valence-electron chi connectivity index (χ0n) is 11.3. The molecule has 0 fully saturated rings. The van der Waals surface area contributed by atoms with Gasteiger partial charge < -0.3 is 5.32 Å². The van der Waals surface area contributed by atoms with Crippen LogP contribution in [0.5, 0.6) is 0 Å². The summed E-state index contributed by atoms with van der Waals surface area (Å²) in [6.07, 6.45) is 1.88. The summed E-state index contributed by atoms with van der Waals surface area (Å²) in [6, 6.07) is 12.1. The standard InChI is InChI=1S/C15H14N4S/c1-10-8-14(18-11(2)17-10)19-15-16-9-13(20-15)12-6-4-3-5-7-12/h3-9H,1-2H3,(H,16,17,18,19). The quantitative estimate of drug-likeness (QED) is 0.790. The third-order valence-electron chi connectivity index (χ3n) is 2.77. The molecule has 0 radical (unpaired) electrons. The summed E-state index contributed by atoms with van der Waals surface area (Å²) in [7, 11) is 0. The summed E-state index contributed by atoms with van der Waals surface area (Å²) >= 11 is 1.61. The number of hydrogen-bond acceptors (Lipinski definition) is 5. The third kappa shape index (κ3) is 2.83. The molecule has 0 unspecified atom stereocenters. The maximum atomic E-state index is 4.39. The fraction of sp³-hybridized carbons (Fsp3) is 0.133. The molecule has 20 heavy (non-hydrogen) atoms. The summed E-state index contributed by atoms with van der Waals surface area (Å²) < 4.78 is 0. The van der Waals surface area contributed by atoms with Gasteiger partial charge in [-0.15, -0.1) is 0 Å². The lowest BCUT2D eigenvalue weighted by Crippen LogP contribution is -1.98. The number of thiazole rings is 1. The molecule has 0 aliphatic heterocycles. The number of hydrogen-bond donors (Lipinski definition) is 1. The Bertz CT molecular complexity index is 701. The van der Waals surface area contributed by atoms with E-state index in [0.717, 1.165) is 27.3 Å². The monoisotopic (exact) mass is 282 g/mol. The molecule has 1 N–H and O–H groups in total. The molecule has 0 aliphatic carbocycles. The van der Waals surface area contributed by atoms with Gasteiger partial charge in [0.2, 0.25) is 0 Å². The molecule has 3 aromatic rings. The molecule has 3 rings (SSSR count). The number of aryl methyl sites for hydroxylation is 2. The van der Waals surface area contributed by atoms with Gasteiger partial charge in [0.15, 0.2) is 5.13 Å². The lowest BCUT2D eigenvalue weighted by molar-refractivity contribution is 1.01. The maximum absolute atomic E-state index is 4.39. The lowest BCUT2D eigenvalue weighted by atomic mass is 10.2. The van der Waals surface area contributed by atoms with Crippen molar-refractivity contribution < 1.29 is 0 Å². The van der Waals surface area contributed by atoms with Crippen LogP contribution in [0.4, 0.5) is 10.9 Å². The fourth-order valence-corrected chi connectivity index (χ4v) is 2.79. The molecular weight excluding hydrogens is 268 g/mol. The van der Waals surface area contributed by atoms with Crippen LogP contribution in [0.3, 0.4) is 0 Å². The zero-order chi connectivity index (χ0) is 13.9. The highest BCUT2D eigenvalue weighted by atomic mass is 32.1. The first-order valence-electron chi connectivity index (χ1n) is 6.31. The van der Waals surface area contributed by atoms with Crippen molar-refractivity contribution in [2.24, 2.45) is 0 Å². The van der Waals surface area contributed by atoms with Crippen LogP contribution >= 0.6 is 11.3 Å². The predicted molar refractivity (Wildman–Crippen MR) is 82.3 cm³/mol. The van der Waals surface area contributed by atoms with E-state index in [1.807, 2.05) is 44.3 Å². The van der Waals surface area contributed by atoms with E-state index in [1.165, 1.54) is 5.56 Å². The normalized spacial score (nSPS) is 10.5. The largest absolute Gasteiger partial charge is 0.316 e. The first-order chi connectivity index (χ1) is 9.70. The van der Waals surface area contributed by atoms with E-state index in [2.05, 4.69) is 32.4 Å². The van der Waals surface area contributed by atoms with Crippen molar-refractivity contribution in [1.29, 1.82) is 0 Å². The van der Waals surface area contributed by atoms with Crippen molar-refractivity contribution in [1.82, 2.24) is 15.0 Å². The number of aromatic nitrogens is 3. The molecule has 4 nitrogen and oxygen atoms in total. The SMILES string of the molecule is Cc1cc(Nc2ncc(-c3ccccc3)s2)nc(C)n1. The number of nitrogens with one attached hydrogen (secondary N) is 1. The summed E-state index contributed by atoms with van der Waals surface area (Å²) in [5.74, 6) is 1.54. The van der Waals surface area contributed by atoms with E-state index in [1.54, 1.807) is 11.3 Å². The second-order valence-electron chi connectivity index (χ2n) is 4.46. The smallest absolute Gasteiger partial charge is 0.188 e. The van der Waals surface area contributed by atoms with Gasteiger partial charge in [-0.3, -0.25) is 0 Å². The molecule has 2 aromatic heterocycles. The highest BCUT2D eigenvalue weighted by molar-refractivity contribution is 7.18. The summed E-state index contributed by atoms with van der Waals surface area (Å²) in [5.41, 5.74) is 2.12. The van der Waals surface area contributed by atoms with Crippen molar-refractivity contribution in [3.8, 4) is 10.4 Å². The number of anilines is 2. The first-order valence-corrected chi connectivity index (χ1v) is 7.13. The lowest BCUT2D eigenvalue weighted by Gasteiger charge is -2.03. The first kappa shape index (κ1) is 12.7. The molecule has 0 saturated heterocycles. The van der Waals surface area contributed by atoms with E-state index in [0.29, 0.717) is 0 Å². The topological polar surface area (TPSA) is 50.7 Å². The Morgan fingerprint density at radius 1 is 1.05 bits per heavy atom. The van der Waals surface area contributed by atoms with Crippen molar-refractivity contribution in [2.75, 3.05) is 5.32 Å². The molecule has 0 bridgehead atoms. The van der Waals surface area contributed by atoms with Gasteiger partial charge in [-0.1, -0.05) is 41.7 Å². The van der Waals surface area contributed by atoms with Crippen LogP contribution in [-0.4, -0.2) is 15.0 Å². The van der Waals surface area contributed by atoms with Gasteiger partial charge in [0, 0.05) is 18.0 Å². The summed E-state index contributed by atoms with van der Waals surface area (Å²) in [4.78, 5) is 14.1. The fourth-order valence-electron chi connectivity index (χ4n) is 1.96. The molecule has 0 spiro atoms. The Kier molecular flexibility index (Phi) is 3.43. The average molecular weight is 282 g/mol. The number of nitrogens with zero attached hydrogens (tertiary/aromatic N) is 3. The summed E-state index contributed by atoms with van der Waals surface area (Å²) in [5, 5.41) is 4.07. The van der Waals surface area contributed by atoms with Gasteiger partial charge in [0.25, 0.3) is 0 Å². The van der Waals surface area contributed by atoms with Crippen LogP contribution in [-0.2, 0) is 0 Å². The molecule has 5 heteroatoms. The molecule has 1 aromatic carbocycles. The zero-order valence-corrected chi connectivity index (χ0v) is 12.1. The molecule has 0 saturated carbocycles. The molecule has 0 amide bonds. The van der Waals surface area contributed by atoms with Gasteiger partial charge in [-0.25, -0.2) is 15.0 Å². The van der Waals surface area contributed by atoms with Gasteiger partial charge in [-0.05, 0) is 19.4 Å². The van der Waals surface area contributed by atoms with E-state index in [9.17, 15) is 0 Å². The third-order valence-corrected chi connectivity index (χ3v) is 3.73. The number of benzene rings is 1. The minimum Gasteiger partial charge on any atom is -0.316 e. The van der Waals surface area contributed by atoms with Gasteiger partial charge in [0.1, 0.15) is 11.6 Å². The Hall–Kier alpha value is -2.27. The van der Waals surface area contributed by atoms with Crippen LogP contribution in [0.2, 0.25) is 0 Å². The van der Waals surface area contributed by atoms with E-state index in [4.69, 9.17) is 0 Å². The minimum absolute atomic E-state index is 0.757. The van der Waals surface area contributed by atoms with E-state index >= 15 is 0 Å². The Morgan fingerprint density at radius 2 is 1.85 bits per heavy atom. The van der Waals surface area contributed by atoms with Gasteiger partial charge >= 0.3 is 0 Å². The minimum atomic E-state index is 0.757. The highest BCUT2D eigenvalue weighted by Crippen LogP contribution is 2.30. The van der Waals surface area contributed by atoms with Crippen LogP contribution in [0.1, 0.15) is 11.5 Å². The molecule has 0 atom stereocenters. The van der Waals surface area contributed by atoms with Crippen LogP contribution in [0, 0.1) is 13.8 Å². The molecule has 2 heterocycles. The predicted octanol–water partition coefficient (Wildman–Crippen LogP) is 3.96. The summed E-state index contributed by atoms with van der Waals surface area (Å²) in [6.45, 7) is 3.84. The van der Waals surface area contributed by atoms with Crippen LogP contribution in [0.15, 0.2) is 42.6 Å². The van der Waals surface area contributed by atoms with Gasteiger partial charge in [0.05, 0.1) is 4.88 Å². The highest BCUT2D eigenvalue weighted by Gasteiger charge is 2.06. The Labute approximate surface area is 121 Å². The molecular formula is C15H14N4S. The van der Waals surface area contributed by atoms with E-state index < -0.39 is 0 Å². The van der Waals surface area contributed by atoms with Gasteiger partial charge in [-0.2, -0.15) is 0 Å². The van der Waals surface area contributed by atoms with Crippen LogP contribution in [0.25, 0.3) is 10.4 Å². The Morgan fingerprint density at radius 3 is 2.60 bits per heavy atom. The molecule has 100 valence electrons. The van der Waals surface area contributed by atoms with Crippen molar-refractivity contribution in [2.45, 2.75) is 13.8 Å². The average Bonchev–Trinajstić information content (AvgIpc) is 2.87. The van der Waals surface area contributed by atoms with Crippen LogP contribution < -0.4 is 5.32 Å². The van der Waals surface area contributed by atoms with E-state index in [-0.39, 0.29) is 0 Å². The maximum Gasteiger partial charge on any atom is 0.188 e. The van der Waals surface area contributed by atoms with Crippen molar-refractivity contribution in [3.63, 3.8) is 0 Å².